The van der Waals surface area contributed by atoms with Crippen LogP contribution in [0.3, 0.4) is 0 Å². The molecule has 3 rings (SSSR count). The highest BCUT2D eigenvalue weighted by molar-refractivity contribution is 6.13. The zero-order valence-electron chi connectivity index (χ0n) is 10.5. The van der Waals surface area contributed by atoms with Gasteiger partial charge >= 0.3 is 0 Å². The number of para-hydroxylation sites is 1. The van der Waals surface area contributed by atoms with Crippen LogP contribution < -0.4 is 4.74 Å². The third kappa shape index (κ3) is 2.26. The van der Waals surface area contributed by atoms with Gasteiger partial charge in [0.25, 0.3) is 11.8 Å². The molecule has 0 bridgehead atoms. The minimum Gasteiger partial charge on any atom is -0.488 e. The van der Waals surface area contributed by atoms with E-state index in [-0.39, 0.29) is 24.0 Å². The van der Waals surface area contributed by atoms with Crippen molar-refractivity contribution in [1.29, 1.82) is 0 Å². The second-order valence-corrected chi connectivity index (χ2v) is 4.85. The molecule has 0 saturated heterocycles. The van der Waals surface area contributed by atoms with Crippen LogP contribution in [0.15, 0.2) is 42.5 Å². The predicted octanol–water partition coefficient (Wildman–Crippen LogP) is 1.91. The van der Waals surface area contributed by atoms with E-state index in [0.717, 1.165) is 25.0 Å². The van der Waals surface area contributed by atoms with Crippen molar-refractivity contribution >= 4 is 11.8 Å². The molecule has 1 fully saturated rings. The van der Waals surface area contributed by atoms with Crippen molar-refractivity contribution in [3.63, 3.8) is 0 Å². The smallest absolute Gasteiger partial charge is 0.254 e. The van der Waals surface area contributed by atoms with E-state index in [9.17, 15) is 9.59 Å². The molecule has 4 nitrogen and oxygen atoms in total. The molecule has 98 valence electrons. The first-order chi connectivity index (χ1) is 9.25. The highest BCUT2D eigenvalue weighted by atomic mass is 16.5. The van der Waals surface area contributed by atoms with Gasteiger partial charge in [0.2, 0.25) is 0 Å². The van der Waals surface area contributed by atoms with E-state index < -0.39 is 0 Å². The van der Waals surface area contributed by atoms with E-state index in [1.165, 1.54) is 17.1 Å². The van der Waals surface area contributed by atoms with Crippen molar-refractivity contribution in [2.24, 2.45) is 0 Å². The van der Waals surface area contributed by atoms with Crippen molar-refractivity contribution in [1.82, 2.24) is 4.90 Å². The van der Waals surface area contributed by atoms with E-state index in [2.05, 4.69) is 0 Å². The summed E-state index contributed by atoms with van der Waals surface area (Å²) in [6.45, 7) is 0. The van der Waals surface area contributed by atoms with Crippen LogP contribution >= 0.6 is 0 Å². The Bertz CT molecular complexity index is 505. The molecule has 2 atom stereocenters. The number of ether oxygens (including phenoxy) is 1. The van der Waals surface area contributed by atoms with Crippen LogP contribution in [0.5, 0.6) is 5.75 Å². The van der Waals surface area contributed by atoms with Gasteiger partial charge in [-0.3, -0.25) is 14.5 Å². The average Bonchev–Trinajstić information content (AvgIpc) is 2.98. The maximum Gasteiger partial charge on any atom is 0.254 e. The minimum atomic E-state index is -0.224. The van der Waals surface area contributed by atoms with Crippen LogP contribution in [-0.4, -0.2) is 28.9 Å². The molecule has 2 unspecified atom stereocenters. The topological polar surface area (TPSA) is 46.6 Å². The molecule has 0 spiro atoms. The third-order valence-electron chi connectivity index (χ3n) is 3.62. The first kappa shape index (κ1) is 12.0. The van der Waals surface area contributed by atoms with Crippen molar-refractivity contribution < 1.29 is 14.3 Å². The highest BCUT2D eigenvalue weighted by Crippen LogP contribution is 2.30. The van der Waals surface area contributed by atoms with Crippen LogP contribution in [0.2, 0.25) is 0 Å². The molecule has 4 heteroatoms. The molecule has 1 aliphatic carbocycles. The first-order valence-corrected chi connectivity index (χ1v) is 6.52. The van der Waals surface area contributed by atoms with Crippen molar-refractivity contribution in [2.45, 2.75) is 31.4 Å². The van der Waals surface area contributed by atoms with Gasteiger partial charge in [-0.15, -0.1) is 0 Å². The summed E-state index contributed by atoms with van der Waals surface area (Å²) in [5.74, 6) is 0.337. The maximum absolute atomic E-state index is 11.7. The van der Waals surface area contributed by atoms with Gasteiger partial charge in [-0.1, -0.05) is 18.2 Å². The highest BCUT2D eigenvalue weighted by Gasteiger charge is 2.40. The number of nitrogens with zero attached hydrogens (tertiary/aromatic N) is 1. The number of hydrogen-bond donors (Lipinski definition) is 0. The Morgan fingerprint density at radius 1 is 1.00 bits per heavy atom. The predicted molar refractivity (Wildman–Crippen MR) is 69.5 cm³/mol. The van der Waals surface area contributed by atoms with Crippen LogP contribution in [0, 0.1) is 0 Å². The Kier molecular flexibility index (Phi) is 3.07. The molecule has 2 amide bonds. The lowest BCUT2D eigenvalue weighted by Gasteiger charge is -2.28. The maximum atomic E-state index is 11.7. The van der Waals surface area contributed by atoms with Crippen molar-refractivity contribution in [3.8, 4) is 5.75 Å². The molecule has 2 aliphatic rings. The third-order valence-corrected chi connectivity index (χ3v) is 3.62. The first-order valence-electron chi connectivity index (χ1n) is 6.52. The summed E-state index contributed by atoms with van der Waals surface area (Å²) in [6, 6.07) is 9.38. The molecular formula is C15H15NO3. The Labute approximate surface area is 111 Å². The van der Waals surface area contributed by atoms with Gasteiger partial charge in [0.1, 0.15) is 11.9 Å². The minimum absolute atomic E-state index is 0.102. The van der Waals surface area contributed by atoms with Gasteiger partial charge < -0.3 is 4.74 Å². The second kappa shape index (κ2) is 4.88. The fraction of sp³-hybridized carbons (Fsp3) is 0.333. The molecule has 1 aromatic rings. The Hall–Kier alpha value is -2.10. The van der Waals surface area contributed by atoms with Gasteiger partial charge in [0.15, 0.2) is 0 Å². The van der Waals surface area contributed by atoms with Gasteiger partial charge in [-0.25, -0.2) is 0 Å². The fourth-order valence-electron chi connectivity index (χ4n) is 2.75. The molecule has 1 aliphatic heterocycles. The monoisotopic (exact) mass is 257 g/mol. The van der Waals surface area contributed by atoms with Crippen LogP contribution in [-0.2, 0) is 9.59 Å². The van der Waals surface area contributed by atoms with Gasteiger partial charge in [0.05, 0.1) is 6.04 Å². The molecular weight excluding hydrogens is 242 g/mol. The molecule has 1 aromatic carbocycles. The number of benzene rings is 1. The molecule has 0 aromatic heterocycles. The summed E-state index contributed by atoms with van der Waals surface area (Å²) in [6.07, 6.45) is 5.22. The molecule has 0 radical (unpaired) electrons. The fourth-order valence-corrected chi connectivity index (χ4v) is 2.75. The van der Waals surface area contributed by atoms with E-state index in [0.29, 0.717) is 0 Å². The summed E-state index contributed by atoms with van der Waals surface area (Å²) >= 11 is 0. The molecule has 19 heavy (non-hydrogen) atoms. The summed E-state index contributed by atoms with van der Waals surface area (Å²) in [5.41, 5.74) is 0. The van der Waals surface area contributed by atoms with Crippen LogP contribution in [0.1, 0.15) is 19.3 Å². The van der Waals surface area contributed by atoms with Crippen LogP contribution in [0.25, 0.3) is 0 Å². The zero-order valence-corrected chi connectivity index (χ0v) is 10.5. The normalized spacial score (nSPS) is 26.2. The average molecular weight is 257 g/mol. The van der Waals surface area contributed by atoms with E-state index in [4.69, 9.17) is 4.74 Å². The Morgan fingerprint density at radius 3 is 2.37 bits per heavy atom. The molecule has 1 saturated carbocycles. The van der Waals surface area contributed by atoms with E-state index in [1.807, 2.05) is 30.3 Å². The SMILES string of the molecule is O=C1C=CC(=O)N1C1CCCC1Oc1ccccc1. The number of hydrogen-bond acceptors (Lipinski definition) is 3. The number of imide groups is 1. The number of carbonyl (C=O) groups excluding carboxylic acids is 2. The summed E-state index contributed by atoms with van der Waals surface area (Å²) in [5, 5.41) is 0. The van der Waals surface area contributed by atoms with Gasteiger partial charge in [-0.05, 0) is 31.4 Å². The lowest BCUT2D eigenvalue weighted by molar-refractivity contribution is -0.141. The summed E-state index contributed by atoms with van der Waals surface area (Å²) < 4.78 is 5.92. The zero-order chi connectivity index (χ0) is 13.2. The number of amides is 2. The van der Waals surface area contributed by atoms with Gasteiger partial charge in [-0.2, -0.15) is 0 Å². The molecule has 1 heterocycles. The second-order valence-electron chi connectivity index (χ2n) is 4.85. The lowest BCUT2D eigenvalue weighted by atomic mass is 10.2. The van der Waals surface area contributed by atoms with E-state index >= 15 is 0 Å². The number of carbonyl (C=O) groups is 2. The lowest BCUT2D eigenvalue weighted by Crippen LogP contribution is -2.46. The van der Waals surface area contributed by atoms with Crippen molar-refractivity contribution in [3.05, 3.63) is 42.5 Å². The summed E-state index contributed by atoms with van der Waals surface area (Å²) in [4.78, 5) is 24.8. The Balaban J connectivity index is 1.75. The standard InChI is InChI=1S/C15H15NO3/c17-14-9-10-15(18)16(14)12-7-4-8-13(12)19-11-5-2-1-3-6-11/h1-3,5-6,9-10,12-13H,4,7-8H2. The van der Waals surface area contributed by atoms with Gasteiger partial charge in [0, 0.05) is 12.2 Å². The number of rotatable bonds is 3. The van der Waals surface area contributed by atoms with Crippen molar-refractivity contribution in [2.75, 3.05) is 0 Å². The van der Waals surface area contributed by atoms with Crippen LogP contribution in [0.4, 0.5) is 0 Å². The molecule has 0 N–H and O–H groups in total. The van der Waals surface area contributed by atoms with E-state index in [1.54, 1.807) is 0 Å². The Morgan fingerprint density at radius 2 is 1.68 bits per heavy atom. The summed E-state index contributed by atoms with van der Waals surface area (Å²) in [7, 11) is 0. The largest absolute Gasteiger partial charge is 0.488 e. The quantitative estimate of drug-likeness (QED) is 0.777.